The van der Waals surface area contributed by atoms with Crippen LogP contribution in [0.15, 0.2) is 24.3 Å². The van der Waals surface area contributed by atoms with Crippen LogP contribution in [0.25, 0.3) is 0 Å². The number of carbonyl (C=O) groups excluding carboxylic acids is 3. The van der Waals surface area contributed by atoms with Crippen LogP contribution in [-0.4, -0.2) is 61.2 Å². The normalized spacial score (nSPS) is 14.9. The first kappa shape index (κ1) is 21.5. The van der Waals surface area contributed by atoms with E-state index in [9.17, 15) is 14.4 Å². The van der Waals surface area contributed by atoms with E-state index in [2.05, 4.69) is 10.6 Å². The smallest absolute Gasteiger partial charge is 0.408 e. The fraction of sp³-hybridized carbons (Fsp3) is 0.550. The number of methoxy groups -OCH3 is 1. The number of rotatable bonds is 5. The Kier molecular flexibility index (Phi) is 7.25. The van der Waals surface area contributed by atoms with Crippen molar-refractivity contribution in [1.29, 1.82) is 0 Å². The fourth-order valence-corrected chi connectivity index (χ4v) is 2.91. The van der Waals surface area contributed by atoms with Crippen molar-refractivity contribution in [2.75, 3.05) is 26.7 Å². The molecule has 8 nitrogen and oxygen atoms in total. The third kappa shape index (κ3) is 6.75. The van der Waals surface area contributed by atoms with Gasteiger partial charge in [0.05, 0.1) is 7.11 Å². The molecule has 1 aromatic carbocycles. The molecule has 1 aliphatic heterocycles. The van der Waals surface area contributed by atoms with Crippen LogP contribution in [-0.2, 0) is 9.53 Å². The molecule has 0 atom stereocenters. The average Bonchev–Trinajstić information content (AvgIpc) is 2.65. The van der Waals surface area contributed by atoms with E-state index in [0.717, 1.165) is 0 Å². The number of piperidine rings is 1. The molecule has 0 spiro atoms. The summed E-state index contributed by atoms with van der Waals surface area (Å²) in [4.78, 5) is 38.0. The summed E-state index contributed by atoms with van der Waals surface area (Å²) in [5.41, 5.74) is -0.0220. The van der Waals surface area contributed by atoms with Gasteiger partial charge >= 0.3 is 6.09 Å². The van der Waals surface area contributed by atoms with Crippen LogP contribution in [0.5, 0.6) is 5.75 Å². The standard InChI is InChI=1S/C20H29N3O5/c1-20(2,3)28-19(26)21-13-17(24)22-15-8-10-23(11-9-15)18(25)14-6-5-7-16(12-14)27-4/h5-7,12,15H,8-11,13H2,1-4H3,(H,21,26)(H,22,24). The van der Waals surface area contributed by atoms with Crippen molar-refractivity contribution in [3.63, 3.8) is 0 Å². The first-order valence-corrected chi connectivity index (χ1v) is 9.37. The maximum Gasteiger partial charge on any atom is 0.408 e. The predicted molar refractivity (Wildman–Crippen MR) is 104 cm³/mol. The Morgan fingerprint density at radius 2 is 1.86 bits per heavy atom. The zero-order valence-electron chi connectivity index (χ0n) is 16.9. The highest BCUT2D eigenvalue weighted by Gasteiger charge is 2.25. The minimum absolute atomic E-state index is 0.0257. The van der Waals surface area contributed by atoms with Crippen LogP contribution in [0.4, 0.5) is 4.79 Å². The zero-order valence-corrected chi connectivity index (χ0v) is 16.9. The molecule has 154 valence electrons. The van der Waals surface area contributed by atoms with E-state index in [1.165, 1.54) is 0 Å². The Labute approximate surface area is 165 Å². The third-order valence-electron chi connectivity index (χ3n) is 4.26. The maximum absolute atomic E-state index is 12.6. The molecule has 2 rings (SSSR count). The molecule has 1 aromatic rings. The van der Waals surface area contributed by atoms with Crippen LogP contribution in [0.2, 0.25) is 0 Å². The lowest BCUT2D eigenvalue weighted by molar-refractivity contribution is -0.121. The number of benzene rings is 1. The van der Waals surface area contributed by atoms with Crippen LogP contribution in [0.3, 0.4) is 0 Å². The Hall–Kier alpha value is -2.77. The van der Waals surface area contributed by atoms with E-state index in [4.69, 9.17) is 9.47 Å². The fourth-order valence-electron chi connectivity index (χ4n) is 2.91. The number of amides is 3. The number of ether oxygens (including phenoxy) is 2. The van der Waals surface area contributed by atoms with E-state index in [-0.39, 0.29) is 24.4 Å². The monoisotopic (exact) mass is 391 g/mol. The molecule has 0 bridgehead atoms. The quantitative estimate of drug-likeness (QED) is 0.800. The summed E-state index contributed by atoms with van der Waals surface area (Å²) in [6.45, 7) is 6.24. The van der Waals surface area contributed by atoms with E-state index < -0.39 is 11.7 Å². The lowest BCUT2D eigenvalue weighted by Crippen LogP contribution is -2.49. The van der Waals surface area contributed by atoms with Crippen LogP contribution in [0, 0.1) is 0 Å². The van der Waals surface area contributed by atoms with Gasteiger partial charge in [-0.25, -0.2) is 4.79 Å². The number of hydrogen-bond acceptors (Lipinski definition) is 5. The lowest BCUT2D eigenvalue weighted by atomic mass is 10.0. The molecule has 0 aliphatic carbocycles. The molecule has 8 heteroatoms. The molecule has 1 fully saturated rings. The van der Waals surface area contributed by atoms with Crippen molar-refractivity contribution >= 4 is 17.9 Å². The van der Waals surface area contributed by atoms with Crippen molar-refractivity contribution in [2.24, 2.45) is 0 Å². The van der Waals surface area contributed by atoms with Gasteiger partial charge in [0.1, 0.15) is 17.9 Å². The number of likely N-dealkylation sites (tertiary alicyclic amines) is 1. The van der Waals surface area contributed by atoms with Crippen molar-refractivity contribution in [3.05, 3.63) is 29.8 Å². The minimum Gasteiger partial charge on any atom is -0.497 e. The van der Waals surface area contributed by atoms with Gasteiger partial charge in [-0.3, -0.25) is 9.59 Å². The highest BCUT2D eigenvalue weighted by atomic mass is 16.6. The van der Waals surface area contributed by atoms with E-state index in [1.54, 1.807) is 57.0 Å². The van der Waals surface area contributed by atoms with Crippen molar-refractivity contribution in [1.82, 2.24) is 15.5 Å². The second-order valence-electron chi connectivity index (χ2n) is 7.72. The SMILES string of the molecule is COc1cccc(C(=O)N2CCC(NC(=O)CNC(=O)OC(C)(C)C)CC2)c1. The number of carbonyl (C=O) groups is 3. The summed E-state index contributed by atoms with van der Waals surface area (Å²) in [6, 6.07) is 7.04. The Balaban J connectivity index is 1.75. The molecule has 0 radical (unpaired) electrons. The first-order chi connectivity index (χ1) is 13.2. The topological polar surface area (TPSA) is 97.0 Å². The highest BCUT2D eigenvalue weighted by molar-refractivity contribution is 5.94. The second kappa shape index (κ2) is 9.43. The Bertz CT molecular complexity index is 706. The van der Waals surface area contributed by atoms with Crippen molar-refractivity contribution < 1.29 is 23.9 Å². The minimum atomic E-state index is -0.624. The van der Waals surface area contributed by atoms with Gasteiger partial charge in [-0.2, -0.15) is 0 Å². The second-order valence-corrected chi connectivity index (χ2v) is 7.72. The highest BCUT2D eigenvalue weighted by Crippen LogP contribution is 2.17. The molecule has 0 aromatic heterocycles. The summed E-state index contributed by atoms with van der Waals surface area (Å²) in [6.07, 6.45) is 0.697. The van der Waals surface area contributed by atoms with Gasteiger partial charge in [-0.1, -0.05) is 6.07 Å². The van der Waals surface area contributed by atoms with Gasteiger partial charge in [-0.05, 0) is 51.8 Å². The molecule has 0 unspecified atom stereocenters. The molecule has 3 amide bonds. The molecular weight excluding hydrogens is 362 g/mol. The van der Waals surface area contributed by atoms with Crippen LogP contribution in [0.1, 0.15) is 44.0 Å². The predicted octanol–water partition coefficient (Wildman–Crippen LogP) is 1.94. The van der Waals surface area contributed by atoms with Crippen molar-refractivity contribution in [3.8, 4) is 5.75 Å². The molecule has 28 heavy (non-hydrogen) atoms. The third-order valence-corrected chi connectivity index (χ3v) is 4.26. The molecule has 1 aliphatic rings. The molecule has 1 heterocycles. The lowest BCUT2D eigenvalue weighted by Gasteiger charge is -2.32. The largest absolute Gasteiger partial charge is 0.497 e. The maximum atomic E-state index is 12.6. The van der Waals surface area contributed by atoms with E-state index >= 15 is 0 Å². The molecule has 2 N–H and O–H groups in total. The summed E-state index contributed by atoms with van der Waals surface area (Å²) >= 11 is 0. The molecule has 1 saturated heterocycles. The molecular formula is C20H29N3O5. The van der Waals surface area contributed by atoms with Crippen LogP contribution >= 0.6 is 0 Å². The van der Waals surface area contributed by atoms with Gasteiger partial charge in [0.2, 0.25) is 5.91 Å². The summed E-state index contributed by atoms with van der Waals surface area (Å²) in [5, 5.41) is 5.33. The summed E-state index contributed by atoms with van der Waals surface area (Å²) in [7, 11) is 1.56. The van der Waals surface area contributed by atoms with E-state index in [0.29, 0.717) is 37.2 Å². The summed E-state index contributed by atoms with van der Waals surface area (Å²) in [5.74, 6) is 0.323. The van der Waals surface area contributed by atoms with Gasteiger partial charge < -0.3 is 25.0 Å². The van der Waals surface area contributed by atoms with Crippen molar-refractivity contribution in [2.45, 2.75) is 45.3 Å². The zero-order chi connectivity index (χ0) is 20.7. The number of nitrogens with zero attached hydrogens (tertiary/aromatic N) is 1. The first-order valence-electron chi connectivity index (χ1n) is 9.37. The summed E-state index contributed by atoms with van der Waals surface area (Å²) < 4.78 is 10.3. The van der Waals surface area contributed by atoms with Crippen LogP contribution < -0.4 is 15.4 Å². The number of nitrogens with one attached hydrogen (secondary N) is 2. The number of alkyl carbamates (subject to hydrolysis) is 1. The Morgan fingerprint density at radius 3 is 2.46 bits per heavy atom. The number of hydrogen-bond donors (Lipinski definition) is 2. The average molecular weight is 391 g/mol. The van der Waals surface area contributed by atoms with E-state index in [1.807, 2.05) is 0 Å². The molecule has 0 saturated carbocycles. The Morgan fingerprint density at radius 1 is 1.18 bits per heavy atom. The van der Waals surface area contributed by atoms with Gasteiger partial charge in [0.15, 0.2) is 0 Å². The van der Waals surface area contributed by atoms with Gasteiger partial charge in [0, 0.05) is 24.7 Å². The van der Waals surface area contributed by atoms with Gasteiger partial charge in [-0.15, -0.1) is 0 Å². The van der Waals surface area contributed by atoms with Gasteiger partial charge in [0.25, 0.3) is 5.91 Å².